The maximum Gasteiger partial charge on any atom is 0.174 e. The SMILES string of the molecule is CCCCCCCC(=O)C1CCCC(=O)CC(C)(O)C1=O. The molecule has 1 rings (SSSR count). The highest BCUT2D eigenvalue weighted by atomic mass is 16.3. The lowest BCUT2D eigenvalue weighted by molar-refractivity contribution is -0.150. The molecule has 0 aromatic heterocycles. The van der Waals surface area contributed by atoms with E-state index < -0.39 is 17.3 Å². The number of carbonyl (C=O) groups excluding carboxylic acids is 3. The minimum atomic E-state index is -1.68. The second kappa shape index (κ2) is 8.42. The highest BCUT2D eigenvalue weighted by molar-refractivity contribution is 6.07. The molecular weight excluding hydrogens is 268 g/mol. The Hall–Kier alpha value is -1.03. The van der Waals surface area contributed by atoms with Crippen molar-refractivity contribution < 1.29 is 19.5 Å². The largest absolute Gasteiger partial charge is 0.382 e. The predicted octanol–water partition coefficient (Wildman–Crippen LogP) is 3.00. The highest BCUT2D eigenvalue weighted by Gasteiger charge is 2.41. The summed E-state index contributed by atoms with van der Waals surface area (Å²) in [6.07, 6.45) is 6.83. The number of rotatable bonds is 7. The molecule has 0 radical (unpaired) electrons. The average Bonchev–Trinajstić information content (AvgIpc) is 2.41. The van der Waals surface area contributed by atoms with Crippen LogP contribution in [0.3, 0.4) is 0 Å². The van der Waals surface area contributed by atoms with Crippen molar-refractivity contribution in [1.29, 1.82) is 0 Å². The number of aliphatic hydroxyl groups is 1. The third-order valence-electron chi connectivity index (χ3n) is 4.25. The van der Waals surface area contributed by atoms with E-state index in [1.807, 2.05) is 0 Å². The molecule has 0 aliphatic heterocycles. The lowest BCUT2D eigenvalue weighted by atomic mass is 9.78. The molecule has 4 nitrogen and oxygen atoms in total. The molecule has 2 atom stereocenters. The van der Waals surface area contributed by atoms with Crippen LogP contribution in [0, 0.1) is 5.92 Å². The van der Waals surface area contributed by atoms with E-state index in [9.17, 15) is 19.5 Å². The lowest BCUT2D eigenvalue weighted by Crippen LogP contribution is -2.45. The summed E-state index contributed by atoms with van der Waals surface area (Å²) >= 11 is 0. The summed E-state index contributed by atoms with van der Waals surface area (Å²) in [6, 6.07) is 0. The Labute approximate surface area is 127 Å². The van der Waals surface area contributed by atoms with E-state index in [1.54, 1.807) is 0 Å². The van der Waals surface area contributed by atoms with Crippen molar-refractivity contribution >= 4 is 17.3 Å². The van der Waals surface area contributed by atoms with Gasteiger partial charge < -0.3 is 5.11 Å². The number of unbranched alkanes of at least 4 members (excludes halogenated alkanes) is 4. The van der Waals surface area contributed by atoms with Gasteiger partial charge >= 0.3 is 0 Å². The van der Waals surface area contributed by atoms with Gasteiger partial charge in [-0.1, -0.05) is 32.6 Å². The second-order valence-corrected chi connectivity index (χ2v) is 6.43. The summed E-state index contributed by atoms with van der Waals surface area (Å²) in [4.78, 5) is 36.1. The third kappa shape index (κ3) is 5.70. The summed E-state index contributed by atoms with van der Waals surface area (Å²) in [7, 11) is 0. The smallest absolute Gasteiger partial charge is 0.174 e. The first kappa shape index (κ1) is 18.0. The van der Waals surface area contributed by atoms with E-state index in [4.69, 9.17) is 0 Å². The van der Waals surface area contributed by atoms with Crippen molar-refractivity contribution in [3.05, 3.63) is 0 Å². The molecular formula is C17H28O4. The van der Waals surface area contributed by atoms with Gasteiger partial charge in [0.1, 0.15) is 17.2 Å². The minimum Gasteiger partial charge on any atom is -0.382 e. The molecule has 4 heteroatoms. The first-order chi connectivity index (χ1) is 9.88. The molecule has 120 valence electrons. The molecule has 1 aliphatic carbocycles. The van der Waals surface area contributed by atoms with Crippen molar-refractivity contribution in [3.63, 3.8) is 0 Å². The van der Waals surface area contributed by atoms with Crippen molar-refractivity contribution in [2.45, 2.75) is 83.7 Å². The van der Waals surface area contributed by atoms with Crippen LogP contribution in [0.1, 0.15) is 78.1 Å². The summed E-state index contributed by atoms with van der Waals surface area (Å²) in [5.41, 5.74) is -1.68. The molecule has 1 saturated carbocycles. The van der Waals surface area contributed by atoms with E-state index in [0.717, 1.165) is 25.7 Å². The fourth-order valence-corrected chi connectivity index (χ4v) is 2.95. The van der Waals surface area contributed by atoms with Crippen LogP contribution in [0.2, 0.25) is 0 Å². The van der Waals surface area contributed by atoms with Gasteiger partial charge in [-0.15, -0.1) is 0 Å². The number of hydrogen-bond donors (Lipinski definition) is 1. The fourth-order valence-electron chi connectivity index (χ4n) is 2.95. The molecule has 1 N–H and O–H groups in total. The molecule has 0 bridgehead atoms. The van der Waals surface area contributed by atoms with Crippen LogP contribution in [0.25, 0.3) is 0 Å². The van der Waals surface area contributed by atoms with Gasteiger partial charge in [0.05, 0.1) is 5.92 Å². The summed E-state index contributed by atoms with van der Waals surface area (Å²) in [5, 5.41) is 10.2. The van der Waals surface area contributed by atoms with Crippen LogP contribution in [0.4, 0.5) is 0 Å². The number of carbonyl (C=O) groups is 3. The number of Topliss-reactive ketones (excluding diaryl/α,β-unsaturated/α-hetero) is 3. The van der Waals surface area contributed by atoms with Gasteiger partial charge in [0.25, 0.3) is 0 Å². The van der Waals surface area contributed by atoms with Crippen LogP contribution >= 0.6 is 0 Å². The van der Waals surface area contributed by atoms with E-state index in [2.05, 4.69) is 6.92 Å². The van der Waals surface area contributed by atoms with Crippen molar-refractivity contribution in [3.8, 4) is 0 Å². The topological polar surface area (TPSA) is 71.4 Å². The van der Waals surface area contributed by atoms with E-state index in [0.29, 0.717) is 25.7 Å². The quantitative estimate of drug-likeness (QED) is 0.579. The zero-order valence-electron chi connectivity index (χ0n) is 13.3. The lowest BCUT2D eigenvalue weighted by Gasteiger charge is -2.28. The average molecular weight is 296 g/mol. The third-order valence-corrected chi connectivity index (χ3v) is 4.25. The van der Waals surface area contributed by atoms with Gasteiger partial charge in [-0.3, -0.25) is 14.4 Å². The fraction of sp³-hybridized carbons (Fsp3) is 0.824. The molecule has 0 aromatic rings. The first-order valence-electron chi connectivity index (χ1n) is 8.19. The maximum absolute atomic E-state index is 12.3. The normalized spacial score (nSPS) is 27.3. The van der Waals surface area contributed by atoms with Crippen molar-refractivity contribution in [2.24, 2.45) is 5.92 Å². The Morgan fingerprint density at radius 3 is 2.57 bits per heavy atom. The van der Waals surface area contributed by atoms with Crippen LogP contribution < -0.4 is 0 Å². The van der Waals surface area contributed by atoms with Crippen molar-refractivity contribution in [2.75, 3.05) is 0 Å². The molecule has 1 aliphatic rings. The number of ketones is 3. The summed E-state index contributed by atoms with van der Waals surface area (Å²) in [5.74, 6) is -1.35. The minimum absolute atomic E-state index is 0.0638. The van der Waals surface area contributed by atoms with Gasteiger partial charge in [-0.25, -0.2) is 0 Å². The second-order valence-electron chi connectivity index (χ2n) is 6.43. The van der Waals surface area contributed by atoms with Crippen LogP contribution in [-0.4, -0.2) is 28.1 Å². The predicted molar refractivity (Wildman–Crippen MR) is 81.0 cm³/mol. The molecule has 0 aromatic carbocycles. The molecule has 21 heavy (non-hydrogen) atoms. The molecule has 0 amide bonds. The van der Waals surface area contributed by atoms with E-state index >= 15 is 0 Å². The molecule has 0 spiro atoms. The molecule has 0 saturated heterocycles. The first-order valence-corrected chi connectivity index (χ1v) is 8.19. The monoisotopic (exact) mass is 296 g/mol. The van der Waals surface area contributed by atoms with Gasteiger partial charge in [-0.05, 0) is 26.2 Å². The standard InChI is InChI=1S/C17H28O4/c1-3-4-5-6-7-11-15(19)14-10-8-9-13(18)12-17(2,21)16(14)20/h14,21H,3-12H2,1-2H3. The Kier molecular flexibility index (Phi) is 7.23. The van der Waals surface area contributed by atoms with E-state index in [-0.39, 0.29) is 18.0 Å². The number of hydrogen-bond acceptors (Lipinski definition) is 4. The zero-order valence-corrected chi connectivity index (χ0v) is 13.3. The Balaban J connectivity index is 2.56. The molecule has 0 heterocycles. The van der Waals surface area contributed by atoms with Crippen molar-refractivity contribution in [1.82, 2.24) is 0 Å². The van der Waals surface area contributed by atoms with Crippen LogP contribution in [0.5, 0.6) is 0 Å². The van der Waals surface area contributed by atoms with E-state index in [1.165, 1.54) is 13.3 Å². The van der Waals surface area contributed by atoms with Crippen LogP contribution in [0.15, 0.2) is 0 Å². The van der Waals surface area contributed by atoms with Gasteiger partial charge in [0, 0.05) is 19.3 Å². The van der Waals surface area contributed by atoms with Gasteiger partial charge in [0.2, 0.25) is 0 Å². The Bertz CT molecular complexity index is 384. The highest BCUT2D eigenvalue weighted by Crippen LogP contribution is 2.27. The van der Waals surface area contributed by atoms with Gasteiger partial charge in [0.15, 0.2) is 5.78 Å². The Morgan fingerprint density at radius 2 is 1.90 bits per heavy atom. The molecule has 2 unspecified atom stereocenters. The summed E-state index contributed by atoms with van der Waals surface area (Å²) < 4.78 is 0. The van der Waals surface area contributed by atoms with Gasteiger partial charge in [-0.2, -0.15) is 0 Å². The maximum atomic E-state index is 12.3. The van der Waals surface area contributed by atoms with Crippen LogP contribution in [-0.2, 0) is 14.4 Å². The summed E-state index contributed by atoms with van der Waals surface area (Å²) in [6.45, 7) is 3.50. The zero-order chi connectivity index (χ0) is 15.9. The molecule has 1 fully saturated rings. The Morgan fingerprint density at radius 1 is 1.24 bits per heavy atom.